The fourth-order valence-electron chi connectivity index (χ4n) is 2.80. The van der Waals surface area contributed by atoms with Crippen molar-refractivity contribution in [2.24, 2.45) is 7.05 Å². The number of nitrogens with zero attached hydrogens (tertiary/aromatic N) is 3. The van der Waals surface area contributed by atoms with Gasteiger partial charge in [-0.25, -0.2) is 4.98 Å². The summed E-state index contributed by atoms with van der Waals surface area (Å²) >= 11 is 6.37. The van der Waals surface area contributed by atoms with Gasteiger partial charge in [0.05, 0.1) is 22.2 Å². The molecule has 0 aliphatic carbocycles. The molecule has 108 valence electrons. The number of anilines is 1. The second-order valence-corrected chi connectivity index (χ2v) is 5.85. The second kappa shape index (κ2) is 5.22. The summed E-state index contributed by atoms with van der Waals surface area (Å²) in [5.74, 6) is 0.810. The highest BCUT2D eigenvalue weighted by Crippen LogP contribution is 2.28. The van der Waals surface area contributed by atoms with E-state index in [4.69, 9.17) is 16.3 Å². The maximum atomic E-state index is 6.37. The molecular weight excluding hydrogens is 276 g/mol. The Morgan fingerprint density at radius 3 is 3.05 bits per heavy atom. The van der Waals surface area contributed by atoms with Crippen LogP contribution in [0.25, 0.3) is 11.0 Å². The molecule has 0 amide bonds. The van der Waals surface area contributed by atoms with Crippen molar-refractivity contribution in [2.75, 3.05) is 11.9 Å². The molecule has 2 atom stereocenters. The first-order valence-corrected chi connectivity index (χ1v) is 7.30. The number of pyridine rings is 1. The SMILES string of the molecule is Cc1nn(C)c2nc(N[C@H]3CCO[C@H](C)C3)cc(Cl)c12. The summed E-state index contributed by atoms with van der Waals surface area (Å²) < 4.78 is 7.33. The number of rotatable bonds is 2. The molecule has 0 aromatic carbocycles. The Bertz CT molecular complexity index is 640. The predicted octanol–water partition coefficient (Wildman–Crippen LogP) is 2.91. The minimum atomic E-state index is 0.291. The monoisotopic (exact) mass is 294 g/mol. The van der Waals surface area contributed by atoms with Gasteiger partial charge in [0, 0.05) is 19.7 Å². The van der Waals surface area contributed by atoms with E-state index in [1.54, 1.807) is 4.68 Å². The van der Waals surface area contributed by atoms with Crippen LogP contribution in [0.4, 0.5) is 5.82 Å². The first-order valence-electron chi connectivity index (χ1n) is 6.92. The van der Waals surface area contributed by atoms with Gasteiger partial charge in [0.25, 0.3) is 0 Å². The number of aryl methyl sites for hydroxylation is 2. The van der Waals surface area contributed by atoms with Crippen LogP contribution in [-0.4, -0.2) is 33.5 Å². The Morgan fingerprint density at radius 2 is 2.30 bits per heavy atom. The van der Waals surface area contributed by atoms with Gasteiger partial charge in [-0.15, -0.1) is 0 Å². The van der Waals surface area contributed by atoms with Crippen molar-refractivity contribution in [3.63, 3.8) is 0 Å². The van der Waals surface area contributed by atoms with Crippen molar-refractivity contribution in [3.8, 4) is 0 Å². The average molecular weight is 295 g/mol. The molecule has 0 bridgehead atoms. The van der Waals surface area contributed by atoms with Crippen molar-refractivity contribution in [1.82, 2.24) is 14.8 Å². The molecule has 2 aromatic rings. The number of ether oxygens (including phenoxy) is 1. The largest absolute Gasteiger partial charge is 0.378 e. The molecule has 1 aliphatic rings. The van der Waals surface area contributed by atoms with E-state index in [1.165, 1.54) is 0 Å². The summed E-state index contributed by atoms with van der Waals surface area (Å²) in [6.07, 6.45) is 2.27. The van der Waals surface area contributed by atoms with Crippen LogP contribution in [-0.2, 0) is 11.8 Å². The number of halogens is 1. The van der Waals surface area contributed by atoms with Gasteiger partial charge in [-0.2, -0.15) is 5.10 Å². The molecule has 5 nitrogen and oxygen atoms in total. The van der Waals surface area contributed by atoms with Crippen molar-refractivity contribution in [3.05, 3.63) is 16.8 Å². The summed E-state index contributed by atoms with van der Waals surface area (Å²) in [7, 11) is 1.89. The molecule has 0 saturated carbocycles. The highest BCUT2D eigenvalue weighted by molar-refractivity contribution is 6.35. The maximum absolute atomic E-state index is 6.37. The molecule has 1 aliphatic heterocycles. The van der Waals surface area contributed by atoms with Crippen LogP contribution in [0.5, 0.6) is 0 Å². The zero-order chi connectivity index (χ0) is 14.3. The molecule has 3 rings (SSSR count). The molecule has 20 heavy (non-hydrogen) atoms. The number of hydrogen-bond acceptors (Lipinski definition) is 4. The topological polar surface area (TPSA) is 52.0 Å². The normalized spacial score (nSPS) is 23.2. The molecular formula is C14H19ClN4O. The van der Waals surface area contributed by atoms with Crippen LogP contribution in [0, 0.1) is 6.92 Å². The quantitative estimate of drug-likeness (QED) is 0.925. The van der Waals surface area contributed by atoms with Crippen molar-refractivity contribution in [2.45, 2.75) is 38.8 Å². The molecule has 0 unspecified atom stereocenters. The lowest BCUT2D eigenvalue weighted by Crippen LogP contribution is -2.32. The maximum Gasteiger partial charge on any atom is 0.161 e. The number of hydrogen-bond donors (Lipinski definition) is 1. The third-order valence-corrected chi connectivity index (χ3v) is 4.06. The summed E-state index contributed by atoms with van der Waals surface area (Å²) in [4.78, 5) is 4.64. The number of fused-ring (bicyclic) bond motifs is 1. The van der Waals surface area contributed by atoms with Crippen molar-refractivity contribution in [1.29, 1.82) is 0 Å². The van der Waals surface area contributed by atoms with E-state index in [9.17, 15) is 0 Å². The molecule has 0 radical (unpaired) electrons. The van der Waals surface area contributed by atoms with E-state index >= 15 is 0 Å². The molecule has 1 fully saturated rings. The Morgan fingerprint density at radius 1 is 1.50 bits per heavy atom. The minimum Gasteiger partial charge on any atom is -0.378 e. The van der Waals surface area contributed by atoms with Crippen LogP contribution >= 0.6 is 11.6 Å². The third-order valence-electron chi connectivity index (χ3n) is 3.76. The molecule has 2 aromatic heterocycles. The standard InChI is InChI=1S/C14H19ClN4O/c1-8-6-10(4-5-20-8)16-12-7-11(15)13-9(2)18-19(3)14(13)17-12/h7-8,10H,4-6H2,1-3H3,(H,16,17)/t8-,10+/m1/s1. The first kappa shape index (κ1) is 13.6. The third kappa shape index (κ3) is 2.47. The molecule has 0 spiro atoms. The van der Waals surface area contributed by atoms with Crippen LogP contribution in [0.3, 0.4) is 0 Å². The zero-order valence-corrected chi connectivity index (χ0v) is 12.7. The van der Waals surface area contributed by atoms with Crippen LogP contribution in [0.1, 0.15) is 25.5 Å². The number of nitrogens with one attached hydrogen (secondary N) is 1. The summed E-state index contributed by atoms with van der Waals surface area (Å²) in [5, 5.41) is 9.47. The van der Waals surface area contributed by atoms with Gasteiger partial charge in [-0.05, 0) is 32.8 Å². The smallest absolute Gasteiger partial charge is 0.161 e. The van der Waals surface area contributed by atoms with E-state index in [2.05, 4.69) is 22.3 Å². The second-order valence-electron chi connectivity index (χ2n) is 5.44. The number of aromatic nitrogens is 3. The Labute approximate surface area is 123 Å². The highest BCUT2D eigenvalue weighted by Gasteiger charge is 2.20. The summed E-state index contributed by atoms with van der Waals surface area (Å²) in [6, 6.07) is 2.27. The summed E-state index contributed by atoms with van der Waals surface area (Å²) in [6.45, 7) is 4.84. The van der Waals surface area contributed by atoms with E-state index in [0.717, 1.165) is 42.0 Å². The Kier molecular flexibility index (Phi) is 3.56. The zero-order valence-electron chi connectivity index (χ0n) is 12.0. The molecule has 1 saturated heterocycles. The highest BCUT2D eigenvalue weighted by atomic mass is 35.5. The van der Waals surface area contributed by atoms with Gasteiger partial charge in [-0.1, -0.05) is 11.6 Å². The lowest BCUT2D eigenvalue weighted by atomic mass is 10.0. The predicted molar refractivity (Wildman–Crippen MR) is 80.3 cm³/mol. The summed E-state index contributed by atoms with van der Waals surface area (Å²) in [5.41, 5.74) is 1.73. The minimum absolute atomic E-state index is 0.291. The van der Waals surface area contributed by atoms with E-state index in [1.807, 2.05) is 20.0 Å². The molecule has 6 heteroatoms. The van der Waals surface area contributed by atoms with E-state index in [-0.39, 0.29) is 0 Å². The first-order chi connectivity index (χ1) is 9.54. The Balaban J connectivity index is 1.90. The van der Waals surface area contributed by atoms with Gasteiger partial charge >= 0.3 is 0 Å². The lowest BCUT2D eigenvalue weighted by Gasteiger charge is -2.28. The fraction of sp³-hybridized carbons (Fsp3) is 0.571. The van der Waals surface area contributed by atoms with E-state index < -0.39 is 0 Å². The van der Waals surface area contributed by atoms with Crippen molar-refractivity contribution < 1.29 is 4.74 Å². The van der Waals surface area contributed by atoms with Crippen LogP contribution in [0.15, 0.2) is 6.07 Å². The van der Waals surface area contributed by atoms with Gasteiger partial charge in [0.15, 0.2) is 5.65 Å². The van der Waals surface area contributed by atoms with E-state index in [0.29, 0.717) is 17.2 Å². The van der Waals surface area contributed by atoms with Crippen LogP contribution in [0.2, 0.25) is 5.02 Å². The van der Waals surface area contributed by atoms with Gasteiger partial charge in [0.1, 0.15) is 5.82 Å². The van der Waals surface area contributed by atoms with Gasteiger partial charge in [0.2, 0.25) is 0 Å². The van der Waals surface area contributed by atoms with Crippen molar-refractivity contribution >= 4 is 28.5 Å². The Hall–Kier alpha value is -1.33. The molecule has 3 heterocycles. The fourth-order valence-corrected chi connectivity index (χ4v) is 3.13. The average Bonchev–Trinajstić information content (AvgIpc) is 2.65. The molecule has 1 N–H and O–H groups in total. The lowest BCUT2D eigenvalue weighted by molar-refractivity contribution is 0.0232. The van der Waals surface area contributed by atoms with Gasteiger partial charge < -0.3 is 10.1 Å². The van der Waals surface area contributed by atoms with Gasteiger partial charge in [-0.3, -0.25) is 4.68 Å². The van der Waals surface area contributed by atoms with Crippen LogP contribution < -0.4 is 5.32 Å².